The summed E-state index contributed by atoms with van der Waals surface area (Å²) < 4.78 is 28.6. The molecule has 0 bridgehead atoms. The first-order chi connectivity index (χ1) is 7.99. The standard InChI is InChI=1S/C13H16F2N2/c1-9(16(2)3)8-17-5-4-10-6-11(14)7-12(15)13(10)17/h4-7,9H,8H2,1-3H3/t9-/m1/s1. The number of likely N-dealkylation sites (N-methyl/N-ethyl adjacent to an activating group) is 1. The lowest BCUT2D eigenvalue weighted by Crippen LogP contribution is -2.29. The zero-order valence-electron chi connectivity index (χ0n) is 10.2. The normalized spacial score (nSPS) is 13.5. The van der Waals surface area contributed by atoms with Crippen molar-refractivity contribution in [2.45, 2.75) is 19.5 Å². The summed E-state index contributed by atoms with van der Waals surface area (Å²) in [5.74, 6) is -1.04. The summed E-state index contributed by atoms with van der Waals surface area (Å²) in [5.41, 5.74) is 0.472. The lowest BCUT2D eigenvalue weighted by atomic mass is 10.2. The van der Waals surface area contributed by atoms with Crippen LogP contribution in [-0.4, -0.2) is 29.6 Å². The topological polar surface area (TPSA) is 8.17 Å². The third kappa shape index (κ3) is 2.31. The molecule has 1 heterocycles. The number of nitrogens with zero attached hydrogens (tertiary/aromatic N) is 2. The molecule has 1 atom stereocenters. The molecule has 4 heteroatoms. The van der Waals surface area contributed by atoms with Gasteiger partial charge in [0, 0.05) is 30.2 Å². The SMILES string of the molecule is C[C@H](Cn1ccc2cc(F)cc(F)c21)N(C)C. The summed E-state index contributed by atoms with van der Waals surface area (Å²) >= 11 is 0. The largest absolute Gasteiger partial charge is 0.344 e. The molecule has 17 heavy (non-hydrogen) atoms. The van der Waals surface area contributed by atoms with Crippen LogP contribution in [0.4, 0.5) is 8.78 Å². The van der Waals surface area contributed by atoms with E-state index in [2.05, 4.69) is 11.8 Å². The molecule has 0 unspecified atom stereocenters. The number of hydrogen-bond donors (Lipinski definition) is 0. The van der Waals surface area contributed by atoms with Crippen LogP contribution in [0.5, 0.6) is 0 Å². The predicted molar refractivity (Wildman–Crippen MR) is 65.0 cm³/mol. The lowest BCUT2D eigenvalue weighted by molar-refractivity contribution is 0.286. The quantitative estimate of drug-likeness (QED) is 0.798. The van der Waals surface area contributed by atoms with E-state index in [0.29, 0.717) is 17.4 Å². The molecule has 1 aromatic heterocycles. The molecule has 0 spiro atoms. The molecule has 0 saturated carbocycles. The molecule has 0 fully saturated rings. The minimum absolute atomic E-state index is 0.287. The maximum atomic E-state index is 13.7. The fraction of sp³-hybridized carbons (Fsp3) is 0.385. The summed E-state index contributed by atoms with van der Waals surface area (Å²) in [7, 11) is 3.96. The molecule has 92 valence electrons. The van der Waals surface area contributed by atoms with Crippen molar-refractivity contribution in [3.8, 4) is 0 Å². The second-order valence-corrected chi connectivity index (χ2v) is 4.61. The first kappa shape index (κ1) is 12.0. The smallest absolute Gasteiger partial charge is 0.150 e. The number of aromatic nitrogens is 1. The van der Waals surface area contributed by atoms with Crippen molar-refractivity contribution < 1.29 is 8.78 Å². The van der Waals surface area contributed by atoms with Crippen molar-refractivity contribution in [2.24, 2.45) is 0 Å². The molecule has 0 saturated heterocycles. The van der Waals surface area contributed by atoms with E-state index in [1.807, 2.05) is 18.7 Å². The van der Waals surface area contributed by atoms with Gasteiger partial charge >= 0.3 is 0 Å². The number of benzene rings is 1. The fourth-order valence-electron chi connectivity index (χ4n) is 1.86. The van der Waals surface area contributed by atoms with Gasteiger partial charge in [0.2, 0.25) is 0 Å². The van der Waals surface area contributed by atoms with Gasteiger partial charge in [-0.25, -0.2) is 8.78 Å². The van der Waals surface area contributed by atoms with Crippen LogP contribution < -0.4 is 0 Å². The number of rotatable bonds is 3. The molecule has 0 aliphatic heterocycles. The van der Waals surface area contributed by atoms with Gasteiger partial charge in [-0.15, -0.1) is 0 Å². The molecule has 1 aromatic carbocycles. The molecule has 2 nitrogen and oxygen atoms in total. The second kappa shape index (κ2) is 4.45. The average molecular weight is 238 g/mol. The zero-order chi connectivity index (χ0) is 12.6. The van der Waals surface area contributed by atoms with E-state index in [4.69, 9.17) is 0 Å². The Kier molecular flexibility index (Phi) is 3.15. The van der Waals surface area contributed by atoms with Crippen LogP contribution in [0, 0.1) is 11.6 Å². The van der Waals surface area contributed by atoms with Crippen molar-refractivity contribution in [3.63, 3.8) is 0 Å². The van der Waals surface area contributed by atoms with Crippen molar-refractivity contribution in [2.75, 3.05) is 14.1 Å². The maximum absolute atomic E-state index is 13.7. The van der Waals surface area contributed by atoms with Crippen LogP contribution >= 0.6 is 0 Å². The molecule has 0 aliphatic rings. The monoisotopic (exact) mass is 238 g/mol. The number of hydrogen-bond acceptors (Lipinski definition) is 1. The Labute approximate surface area is 99.4 Å². The van der Waals surface area contributed by atoms with E-state index in [0.717, 1.165) is 6.07 Å². The van der Waals surface area contributed by atoms with Gasteiger partial charge in [0.25, 0.3) is 0 Å². The Morgan fingerprint density at radius 3 is 2.65 bits per heavy atom. The van der Waals surface area contributed by atoms with Crippen LogP contribution in [0.1, 0.15) is 6.92 Å². The van der Waals surface area contributed by atoms with Crippen LogP contribution in [0.25, 0.3) is 10.9 Å². The minimum atomic E-state index is -0.534. The lowest BCUT2D eigenvalue weighted by Gasteiger charge is -2.20. The molecule has 0 amide bonds. The Hall–Kier alpha value is -1.42. The first-order valence-corrected chi connectivity index (χ1v) is 5.59. The van der Waals surface area contributed by atoms with E-state index in [-0.39, 0.29) is 6.04 Å². The van der Waals surface area contributed by atoms with E-state index in [1.54, 1.807) is 12.3 Å². The number of fused-ring (bicyclic) bond motifs is 1. The molecule has 0 aliphatic carbocycles. The Balaban J connectivity index is 2.42. The van der Waals surface area contributed by atoms with E-state index >= 15 is 0 Å². The minimum Gasteiger partial charge on any atom is -0.344 e. The second-order valence-electron chi connectivity index (χ2n) is 4.61. The van der Waals surface area contributed by atoms with Crippen molar-refractivity contribution >= 4 is 10.9 Å². The summed E-state index contributed by atoms with van der Waals surface area (Å²) in [6.07, 6.45) is 1.80. The fourth-order valence-corrected chi connectivity index (χ4v) is 1.86. The van der Waals surface area contributed by atoms with Crippen LogP contribution in [0.2, 0.25) is 0 Å². The predicted octanol–water partition coefficient (Wildman–Crippen LogP) is 2.87. The molecule has 0 N–H and O–H groups in total. The summed E-state index contributed by atoms with van der Waals surface area (Å²) in [6, 6.07) is 4.31. The Bertz CT molecular complexity index is 531. The third-order valence-corrected chi connectivity index (χ3v) is 3.12. The highest BCUT2D eigenvalue weighted by atomic mass is 19.1. The Morgan fingerprint density at radius 2 is 2.00 bits per heavy atom. The van der Waals surface area contributed by atoms with Crippen molar-refractivity contribution in [3.05, 3.63) is 36.0 Å². The molecule has 2 rings (SSSR count). The van der Waals surface area contributed by atoms with Gasteiger partial charge in [-0.2, -0.15) is 0 Å². The highest BCUT2D eigenvalue weighted by Crippen LogP contribution is 2.21. The van der Waals surface area contributed by atoms with Crippen molar-refractivity contribution in [1.29, 1.82) is 0 Å². The average Bonchev–Trinajstić information content (AvgIpc) is 2.60. The molecule has 0 radical (unpaired) electrons. The zero-order valence-corrected chi connectivity index (χ0v) is 10.2. The molecular formula is C13H16F2N2. The van der Waals surface area contributed by atoms with E-state index < -0.39 is 11.6 Å². The van der Waals surface area contributed by atoms with Gasteiger partial charge in [0.05, 0.1) is 5.52 Å². The highest BCUT2D eigenvalue weighted by molar-refractivity contribution is 5.80. The van der Waals surface area contributed by atoms with Gasteiger partial charge in [-0.3, -0.25) is 0 Å². The van der Waals surface area contributed by atoms with Gasteiger partial charge in [-0.05, 0) is 33.2 Å². The van der Waals surface area contributed by atoms with Crippen molar-refractivity contribution in [1.82, 2.24) is 9.47 Å². The van der Waals surface area contributed by atoms with Crippen LogP contribution in [0.15, 0.2) is 24.4 Å². The van der Waals surface area contributed by atoms with Crippen LogP contribution in [0.3, 0.4) is 0 Å². The molecular weight excluding hydrogens is 222 g/mol. The van der Waals surface area contributed by atoms with Gasteiger partial charge < -0.3 is 9.47 Å². The highest BCUT2D eigenvalue weighted by Gasteiger charge is 2.12. The summed E-state index contributed by atoms with van der Waals surface area (Å²) in [6.45, 7) is 2.74. The summed E-state index contributed by atoms with van der Waals surface area (Å²) in [5, 5.41) is 0.605. The van der Waals surface area contributed by atoms with Gasteiger partial charge in [0.1, 0.15) is 11.6 Å². The van der Waals surface area contributed by atoms with Crippen LogP contribution in [-0.2, 0) is 6.54 Å². The van der Waals surface area contributed by atoms with E-state index in [1.165, 1.54) is 6.07 Å². The maximum Gasteiger partial charge on any atom is 0.150 e. The third-order valence-electron chi connectivity index (χ3n) is 3.12. The Morgan fingerprint density at radius 1 is 1.29 bits per heavy atom. The first-order valence-electron chi connectivity index (χ1n) is 5.59. The van der Waals surface area contributed by atoms with Gasteiger partial charge in [-0.1, -0.05) is 0 Å². The van der Waals surface area contributed by atoms with Gasteiger partial charge in [0.15, 0.2) is 0 Å². The van der Waals surface area contributed by atoms with E-state index in [9.17, 15) is 8.78 Å². The number of halogens is 2. The summed E-state index contributed by atoms with van der Waals surface area (Å²) in [4.78, 5) is 2.06. The molecule has 2 aromatic rings.